The summed E-state index contributed by atoms with van der Waals surface area (Å²) in [6, 6.07) is 12.6. The molecule has 2 aromatic rings. The molecule has 0 bridgehead atoms. The summed E-state index contributed by atoms with van der Waals surface area (Å²) in [7, 11) is -3.51. The van der Waals surface area contributed by atoms with Gasteiger partial charge in [0.25, 0.3) is 0 Å². The van der Waals surface area contributed by atoms with Gasteiger partial charge >= 0.3 is 0 Å². The van der Waals surface area contributed by atoms with Gasteiger partial charge in [0.15, 0.2) is 0 Å². The molecule has 1 aromatic heterocycles. The van der Waals surface area contributed by atoms with Crippen molar-refractivity contribution in [1.82, 2.24) is 9.71 Å². The van der Waals surface area contributed by atoms with Gasteiger partial charge in [-0.3, -0.25) is 4.98 Å². The van der Waals surface area contributed by atoms with Crippen LogP contribution >= 0.6 is 0 Å². The van der Waals surface area contributed by atoms with Crippen molar-refractivity contribution in [3.63, 3.8) is 0 Å². The molecule has 1 atom stereocenters. The van der Waals surface area contributed by atoms with Gasteiger partial charge in [-0.15, -0.1) is 0 Å². The van der Waals surface area contributed by atoms with E-state index < -0.39 is 10.0 Å². The second-order valence-electron chi connectivity index (χ2n) is 6.77. The lowest BCUT2D eigenvalue weighted by Gasteiger charge is -2.34. The lowest BCUT2D eigenvalue weighted by atomic mass is 10.1. The molecular formula is C19H28N4O2S+2. The number of likely N-dealkylation sites (N-methyl/N-ethyl adjacent to an activating group) is 1. The lowest BCUT2D eigenvalue weighted by Crippen LogP contribution is -3.28. The van der Waals surface area contributed by atoms with Crippen molar-refractivity contribution in [2.24, 2.45) is 0 Å². The summed E-state index contributed by atoms with van der Waals surface area (Å²) in [5, 5.41) is 0. The third kappa shape index (κ3) is 4.67. The van der Waals surface area contributed by atoms with Crippen molar-refractivity contribution in [2.75, 3.05) is 39.3 Å². The number of sulfonamides is 1. The van der Waals surface area contributed by atoms with Crippen LogP contribution in [0.25, 0.3) is 0 Å². The van der Waals surface area contributed by atoms with Crippen LogP contribution in [0.5, 0.6) is 0 Å². The van der Waals surface area contributed by atoms with Gasteiger partial charge in [-0.2, -0.15) is 0 Å². The van der Waals surface area contributed by atoms with Crippen LogP contribution < -0.4 is 14.5 Å². The number of nitrogens with one attached hydrogen (secondary N) is 3. The molecule has 2 heterocycles. The Kier molecular flexibility index (Phi) is 6.37. The minimum atomic E-state index is -3.51. The zero-order valence-corrected chi connectivity index (χ0v) is 16.0. The highest BCUT2D eigenvalue weighted by Crippen LogP contribution is 2.11. The van der Waals surface area contributed by atoms with Crippen LogP contribution in [0.2, 0.25) is 0 Å². The molecule has 1 fully saturated rings. The van der Waals surface area contributed by atoms with E-state index in [9.17, 15) is 8.42 Å². The quantitative estimate of drug-likeness (QED) is 0.575. The first-order valence-corrected chi connectivity index (χ1v) is 10.7. The first-order valence-electron chi connectivity index (χ1n) is 9.23. The number of aromatic nitrogens is 1. The summed E-state index contributed by atoms with van der Waals surface area (Å²) >= 11 is 0. The zero-order chi connectivity index (χ0) is 18.4. The van der Waals surface area contributed by atoms with Gasteiger partial charge in [-0.1, -0.05) is 18.2 Å². The molecule has 26 heavy (non-hydrogen) atoms. The van der Waals surface area contributed by atoms with Crippen LogP contribution in [0.15, 0.2) is 59.8 Å². The molecule has 7 heteroatoms. The smallest absolute Gasteiger partial charge is 0.240 e. The third-order valence-corrected chi connectivity index (χ3v) is 6.65. The summed E-state index contributed by atoms with van der Waals surface area (Å²) < 4.78 is 28.0. The molecule has 1 aliphatic heterocycles. The Morgan fingerprint density at radius 3 is 2.42 bits per heavy atom. The Balaban J connectivity index is 1.74. The second-order valence-corrected chi connectivity index (χ2v) is 8.53. The van der Waals surface area contributed by atoms with E-state index >= 15 is 0 Å². The van der Waals surface area contributed by atoms with Crippen molar-refractivity contribution in [3.8, 4) is 0 Å². The normalized spacial score (nSPS) is 22.0. The topological polar surface area (TPSA) is 67.9 Å². The number of piperazine rings is 1. The van der Waals surface area contributed by atoms with Gasteiger partial charge in [-0.05, 0) is 31.2 Å². The monoisotopic (exact) mass is 376 g/mol. The number of nitrogens with zero attached hydrogens (tertiary/aromatic N) is 1. The summed E-state index contributed by atoms with van der Waals surface area (Å²) in [5.41, 5.74) is 1.08. The molecule has 1 saturated heterocycles. The highest BCUT2D eigenvalue weighted by molar-refractivity contribution is 7.89. The molecule has 0 unspecified atom stereocenters. The number of hydrogen-bond donors (Lipinski definition) is 3. The molecule has 140 valence electrons. The largest absolute Gasteiger partial charge is 0.326 e. The lowest BCUT2D eigenvalue weighted by molar-refractivity contribution is -1.03. The van der Waals surface area contributed by atoms with Crippen molar-refractivity contribution >= 4 is 10.0 Å². The first kappa shape index (κ1) is 19.0. The first-order chi connectivity index (χ1) is 12.6. The minimum Gasteiger partial charge on any atom is -0.326 e. The predicted molar refractivity (Wildman–Crippen MR) is 101 cm³/mol. The fourth-order valence-corrected chi connectivity index (χ4v) is 4.65. The second kappa shape index (κ2) is 8.73. The molecule has 0 radical (unpaired) electrons. The minimum absolute atomic E-state index is 0.0700. The Labute approximate surface area is 155 Å². The zero-order valence-electron chi connectivity index (χ0n) is 15.2. The Bertz CT molecular complexity index is 776. The van der Waals surface area contributed by atoms with E-state index in [1.54, 1.807) is 35.4 Å². The molecule has 3 rings (SSSR count). The van der Waals surface area contributed by atoms with E-state index in [-0.39, 0.29) is 6.04 Å². The van der Waals surface area contributed by atoms with E-state index in [1.165, 1.54) is 4.90 Å². The SMILES string of the molecule is CC[NH+]1CC[NH+]([C@@H](CNS(=O)(=O)c2ccccc2)c2cccnc2)CC1. The molecule has 6 nitrogen and oxygen atoms in total. The standard InChI is InChI=1S/C19H26N4O2S/c1-2-22-11-13-23(14-12-22)19(17-7-6-10-20-15-17)16-21-26(24,25)18-8-4-3-5-9-18/h3-10,15,19,21H,2,11-14,16H2,1H3/p+2/t19-/m0/s1. The van der Waals surface area contributed by atoms with E-state index in [4.69, 9.17) is 0 Å². The number of pyridine rings is 1. The van der Waals surface area contributed by atoms with Crippen molar-refractivity contribution in [3.05, 3.63) is 60.4 Å². The van der Waals surface area contributed by atoms with Gasteiger partial charge in [0.2, 0.25) is 10.0 Å². The summed E-state index contributed by atoms with van der Waals surface area (Å²) in [5.74, 6) is 0. The maximum absolute atomic E-state index is 12.6. The van der Waals surface area contributed by atoms with Crippen LogP contribution in [0.3, 0.4) is 0 Å². The van der Waals surface area contributed by atoms with Crippen molar-refractivity contribution < 1.29 is 18.2 Å². The maximum Gasteiger partial charge on any atom is 0.240 e. The number of rotatable bonds is 7. The summed E-state index contributed by atoms with van der Waals surface area (Å²) in [6.45, 7) is 8.05. The average Bonchev–Trinajstić information content (AvgIpc) is 2.70. The van der Waals surface area contributed by atoms with Crippen LogP contribution in [0, 0.1) is 0 Å². The van der Waals surface area contributed by atoms with E-state index in [1.807, 2.05) is 24.4 Å². The van der Waals surface area contributed by atoms with Crippen molar-refractivity contribution in [2.45, 2.75) is 17.9 Å². The third-order valence-electron chi connectivity index (χ3n) is 5.21. The summed E-state index contributed by atoms with van der Waals surface area (Å²) in [4.78, 5) is 7.58. The Morgan fingerprint density at radius 1 is 1.08 bits per heavy atom. The molecule has 0 amide bonds. The highest BCUT2D eigenvalue weighted by Gasteiger charge is 2.31. The number of benzene rings is 1. The number of quaternary nitrogens is 2. The molecular weight excluding hydrogens is 348 g/mol. The van der Waals surface area contributed by atoms with E-state index in [0.29, 0.717) is 11.4 Å². The van der Waals surface area contributed by atoms with Crippen molar-refractivity contribution in [1.29, 1.82) is 0 Å². The van der Waals surface area contributed by atoms with E-state index in [2.05, 4.69) is 16.6 Å². The van der Waals surface area contributed by atoms with Gasteiger partial charge in [0.1, 0.15) is 32.2 Å². The van der Waals surface area contributed by atoms with Gasteiger partial charge in [-0.25, -0.2) is 13.1 Å². The van der Waals surface area contributed by atoms with Crippen LogP contribution in [-0.4, -0.2) is 52.7 Å². The molecule has 3 N–H and O–H groups in total. The fraction of sp³-hybridized carbons (Fsp3) is 0.421. The highest BCUT2D eigenvalue weighted by atomic mass is 32.2. The van der Waals surface area contributed by atoms with Crippen LogP contribution in [0.1, 0.15) is 18.5 Å². The molecule has 0 aliphatic carbocycles. The molecule has 1 aromatic carbocycles. The van der Waals surface area contributed by atoms with Gasteiger partial charge in [0.05, 0.1) is 18.0 Å². The fourth-order valence-electron chi connectivity index (χ4n) is 3.58. The Hall–Kier alpha value is -1.80. The predicted octanol–water partition coefficient (Wildman–Crippen LogP) is -1.10. The van der Waals surface area contributed by atoms with Gasteiger partial charge in [0, 0.05) is 18.0 Å². The van der Waals surface area contributed by atoms with Crippen LogP contribution in [0.4, 0.5) is 0 Å². The molecule has 1 aliphatic rings. The molecule has 0 spiro atoms. The Morgan fingerprint density at radius 2 is 1.81 bits per heavy atom. The van der Waals surface area contributed by atoms with E-state index in [0.717, 1.165) is 38.3 Å². The van der Waals surface area contributed by atoms with Gasteiger partial charge < -0.3 is 9.80 Å². The number of hydrogen-bond acceptors (Lipinski definition) is 3. The summed E-state index contributed by atoms with van der Waals surface area (Å²) in [6.07, 6.45) is 3.61. The molecule has 0 saturated carbocycles. The average molecular weight is 377 g/mol. The maximum atomic E-state index is 12.6. The van der Waals surface area contributed by atoms with Crippen LogP contribution in [-0.2, 0) is 10.0 Å².